The van der Waals surface area contributed by atoms with Crippen LogP contribution in [0.4, 0.5) is 0 Å². The maximum absolute atomic E-state index is 5.82. The molecule has 1 aliphatic rings. The number of rotatable bonds is 2. The zero-order valence-corrected chi connectivity index (χ0v) is 10.4. The first-order valence-electron chi connectivity index (χ1n) is 5.79. The van der Waals surface area contributed by atoms with Crippen LogP contribution in [0.1, 0.15) is 33.1 Å². The van der Waals surface area contributed by atoms with Crippen LogP contribution in [0, 0.1) is 11.8 Å². The van der Waals surface area contributed by atoms with Gasteiger partial charge in [-0.2, -0.15) is 0 Å². The van der Waals surface area contributed by atoms with Gasteiger partial charge in [0.2, 0.25) is 5.88 Å². The maximum atomic E-state index is 5.82. The second-order valence-corrected chi connectivity index (χ2v) is 5.07. The monoisotopic (exact) mass is 240 g/mol. The number of nitrogens with zero attached hydrogens (tertiary/aromatic N) is 2. The van der Waals surface area contributed by atoms with E-state index in [2.05, 4.69) is 23.8 Å². The summed E-state index contributed by atoms with van der Waals surface area (Å²) in [5.41, 5.74) is 0. The van der Waals surface area contributed by atoms with Crippen LogP contribution < -0.4 is 4.74 Å². The van der Waals surface area contributed by atoms with Crippen LogP contribution in [0.25, 0.3) is 0 Å². The number of halogens is 1. The Morgan fingerprint density at radius 1 is 1.25 bits per heavy atom. The highest BCUT2D eigenvalue weighted by Crippen LogP contribution is 2.31. The summed E-state index contributed by atoms with van der Waals surface area (Å²) in [6.07, 6.45) is 5.14. The smallest absolute Gasteiger partial charge is 0.218 e. The summed E-state index contributed by atoms with van der Waals surface area (Å²) in [6, 6.07) is 1.67. The van der Waals surface area contributed by atoms with Gasteiger partial charge in [-0.05, 0) is 31.1 Å². The summed E-state index contributed by atoms with van der Waals surface area (Å²) in [6.45, 7) is 4.59. The topological polar surface area (TPSA) is 35.0 Å². The van der Waals surface area contributed by atoms with Gasteiger partial charge in [-0.15, -0.1) is 0 Å². The molecule has 3 nitrogen and oxygen atoms in total. The van der Waals surface area contributed by atoms with Gasteiger partial charge < -0.3 is 4.74 Å². The molecule has 1 aromatic heterocycles. The molecule has 2 rings (SSSR count). The first-order chi connectivity index (χ1) is 7.65. The number of aromatic nitrogens is 2. The van der Waals surface area contributed by atoms with Crippen molar-refractivity contribution in [2.45, 2.75) is 39.2 Å². The fraction of sp³-hybridized carbons (Fsp3) is 0.667. The van der Waals surface area contributed by atoms with E-state index in [4.69, 9.17) is 16.3 Å². The molecule has 0 aromatic carbocycles. The van der Waals surface area contributed by atoms with Crippen molar-refractivity contribution in [1.29, 1.82) is 0 Å². The van der Waals surface area contributed by atoms with Crippen LogP contribution in [0.3, 0.4) is 0 Å². The molecule has 1 aliphatic carbocycles. The van der Waals surface area contributed by atoms with Crippen molar-refractivity contribution in [2.75, 3.05) is 0 Å². The summed E-state index contributed by atoms with van der Waals surface area (Å²) in [5, 5.41) is 0.433. The van der Waals surface area contributed by atoms with Crippen LogP contribution in [0.15, 0.2) is 12.4 Å². The van der Waals surface area contributed by atoms with Gasteiger partial charge in [-0.1, -0.05) is 25.4 Å². The maximum Gasteiger partial charge on any atom is 0.218 e. The van der Waals surface area contributed by atoms with E-state index in [-0.39, 0.29) is 6.10 Å². The van der Waals surface area contributed by atoms with Crippen molar-refractivity contribution in [2.24, 2.45) is 11.8 Å². The van der Waals surface area contributed by atoms with Gasteiger partial charge in [0.1, 0.15) is 17.6 Å². The lowest BCUT2D eigenvalue weighted by Crippen LogP contribution is -2.29. The van der Waals surface area contributed by atoms with E-state index in [0.29, 0.717) is 11.0 Å². The lowest BCUT2D eigenvalue weighted by atomic mass is 9.80. The molecular weight excluding hydrogens is 224 g/mol. The van der Waals surface area contributed by atoms with Gasteiger partial charge in [0.15, 0.2) is 0 Å². The average Bonchev–Trinajstić information content (AvgIpc) is 2.24. The molecule has 0 saturated heterocycles. The molecule has 3 atom stereocenters. The normalized spacial score (nSPS) is 30.1. The van der Waals surface area contributed by atoms with E-state index >= 15 is 0 Å². The Labute approximate surface area is 101 Å². The highest BCUT2D eigenvalue weighted by atomic mass is 35.5. The molecule has 4 heteroatoms. The quantitative estimate of drug-likeness (QED) is 0.744. The van der Waals surface area contributed by atoms with Crippen LogP contribution in [0.2, 0.25) is 5.15 Å². The molecule has 1 heterocycles. The molecule has 3 unspecified atom stereocenters. The Bertz CT molecular complexity index is 359. The first-order valence-corrected chi connectivity index (χ1v) is 6.17. The van der Waals surface area contributed by atoms with E-state index in [0.717, 1.165) is 24.7 Å². The Morgan fingerprint density at radius 3 is 2.75 bits per heavy atom. The lowest BCUT2D eigenvalue weighted by molar-refractivity contribution is 0.0963. The van der Waals surface area contributed by atoms with Gasteiger partial charge in [0, 0.05) is 6.07 Å². The van der Waals surface area contributed by atoms with Crippen LogP contribution in [-0.4, -0.2) is 16.1 Å². The molecule has 1 fully saturated rings. The lowest BCUT2D eigenvalue weighted by Gasteiger charge is -2.31. The van der Waals surface area contributed by atoms with Crippen molar-refractivity contribution in [1.82, 2.24) is 9.97 Å². The van der Waals surface area contributed by atoms with E-state index in [1.165, 1.54) is 12.7 Å². The molecule has 0 spiro atoms. The predicted octanol–water partition coefficient (Wildman–Crippen LogP) is 3.33. The third kappa shape index (κ3) is 2.85. The minimum absolute atomic E-state index is 0.275. The van der Waals surface area contributed by atoms with Crippen molar-refractivity contribution in [3.05, 3.63) is 17.5 Å². The van der Waals surface area contributed by atoms with Crippen molar-refractivity contribution >= 4 is 11.6 Å². The van der Waals surface area contributed by atoms with Crippen molar-refractivity contribution in [3.8, 4) is 5.88 Å². The number of hydrogen-bond acceptors (Lipinski definition) is 3. The highest BCUT2D eigenvalue weighted by Gasteiger charge is 2.25. The van der Waals surface area contributed by atoms with Crippen molar-refractivity contribution < 1.29 is 4.74 Å². The second-order valence-electron chi connectivity index (χ2n) is 4.69. The van der Waals surface area contributed by atoms with E-state index in [1.54, 1.807) is 6.07 Å². The number of hydrogen-bond donors (Lipinski definition) is 0. The standard InChI is InChI=1S/C12H17ClN2O/c1-8-3-4-10(5-9(8)2)16-12-6-11(13)14-7-15-12/h6-10H,3-5H2,1-2H3. The molecule has 0 bridgehead atoms. The van der Waals surface area contributed by atoms with Crippen LogP contribution in [-0.2, 0) is 0 Å². The Balaban J connectivity index is 1.95. The van der Waals surface area contributed by atoms with Crippen LogP contribution >= 0.6 is 11.6 Å². The number of ether oxygens (including phenoxy) is 1. The molecular formula is C12H17ClN2O. The molecule has 0 aliphatic heterocycles. The van der Waals surface area contributed by atoms with Gasteiger partial charge in [-0.25, -0.2) is 9.97 Å². The Hall–Kier alpha value is -0.830. The van der Waals surface area contributed by atoms with E-state index < -0.39 is 0 Å². The van der Waals surface area contributed by atoms with Gasteiger partial charge >= 0.3 is 0 Å². The zero-order valence-electron chi connectivity index (χ0n) is 9.69. The zero-order chi connectivity index (χ0) is 11.5. The molecule has 1 saturated carbocycles. The fourth-order valence-corrected chi connectivity index (χ4v) is 2.29. The summed E-state index contributed by atoms with van der Waals surface area (Å²) in [7, 11) is 0. The van der Waals surface area contributed by atoms with Crippen molar-refractivity contribution in [3.63, 3.8) is 0 Å². The summed E-state index contributed by atoms with van der Waals surface area (Å²) in [4.78, 5) is 7.89. The largest absolute Gasteiger partial charge is 0.474 e. The third-order valence-electron chi connectivity index (χ3n) is 3.45. The van der Waals surface area contributed by atoms with Crippen LogP contribution in [0.5, 0.6) is 5.88 Å². The first kappa shape index (κ1) is 11.6. The molecule has 88 valence electrons. The summed E-state index contributed by atoms with van der Waals surface area (Å²) >= 11 is 5.78. The molecule has 0 N–H and O–H groups in total. The molecule has 1 aromatic rings. The fourth-order valence-electron chi connectivity index (χ4n) is 2.16. The molecule has 0 amide bonds. The molecule has 16 heavy (non-hydrogen) atoms. The van der Waals surface area contributed by atoms with Gasteiger partial charge in [0.05, 0.1) is 0 Å². The van der Waals surface area contributed by atoms with Gasteiger partial charge in [-0.3, -0.25) is 0 Å². The summed E-state index contributed by atoms with van der Waals surface area (Å²) in [5.74, 6) is 2.11. The Kier molecular flexibility index (Phi) is 3.64. The highest BCUT2D eigenvalue weighted by molar-refractivity contribution is 6.29. The molecule has 0 radical (unpaired) electrons. The minimum Gasteiger partial charge on any atom is -0.474 e. The SMILES string of the molecule is CC1CCC(Oc2cc(Cl)ncn2)CC1C. The van der Waals surface area contributed by atoms with Gasteiger partial charge in [0.25, 0.3) is 0 Å². The predicted molar refractivity (Wildman–Crippen MR) is 63.6 cm³/mol. The van der Waals surface area contributed by atoms with E-state index in [9.17, 15) is 0 Å². The third-order valence-corrected chi connectivity index (χ3v) is 3.65. The second kappa shape index (κ2) is 5.00. The Morgan fingerprint density at radius 2 is 2.06 bits per heavy atom. The summed E-state index contributed by atoms with van der Waals surface area (Å²) < 4.78 is 5.82. The average molecular weight is 241 g/mol. The van der Waals surface area contributed by atoms with E-state index in [1.807, 2.05) is 0 Å². The minimum atomic E-state index is 0.275.